The van der Waals surface area contributed by atoms with E-state index in [-0.39, 0.29) is 0 Å². The van der Waals surface area contributed by atoms with Crippen molar-refractivity contribution in [3.05, 3.63) is 23.8 Å². The zero-order valence-electron chi connectivity index (χ0n) is 11.5. The Bertz CT molecular complexity index is 389. The number of rotatable bonds is 6. The summed E-state index contributed by atoms with van der Waals surface area (Å²) >= 11 is 0. The van der Waals surface area contributed by atoms with Crippen LogP contribution in [0.3, 0.4) is 0 Å². The molecular weight excluding hydrogens is 242 g/mol. The highest BCUT2D eigenvalue weighted by Crippen LogP contribution is 2.22. The second kappa shape index (κ2) is 7.36. The molecule has 1 saturated heterocycles. The Labute approximate surface area is 114 Å². The number of hydrogen-bond donors (Lipinski definition) is 2. The van der Waals surface area contributed by atoms with E-state index in [1.165, 1.54) is 19.3 Å². The van der Waals surface area contributed by atoms with E-state index in [0.717, 1.165) is 30.9 Å². The monoisotopic (exact) mass is 265 g/mol. The number of benzene rings is 1. The fourth-order valence-corrected chi connectivity index (χ4v) is 2.35. The van der Waals surface area contributed by atoms with Gasteiger partial charge in [0.25, 0.3) is 0 Å². The van der Waals surface area contributed by atoms with Crippen LogP contribution in [0.5, 0.6) is 11.5 Å². The van der Waals surface area contributed by atoms with Crippen molar-refractivity contribution in [2.75, 3.05) is 20.3 Å². The molecule has 0 aromatic heterocycles. The molecule has 1 heterocycles. The van der Waals surface area contributed by atoms with Crippen LogP contribution >= 0.6 is 0 Å². The van der Waals surface area contributed by atoms with Gasteiger partial charge in [0.1, 0.15) is 11.5 Å². The van der Waals surface area contributed by atoms with Crippen molar-refractivity contribution >= 4 is 0 Å². The molecule has 1 unspecified atom stereocenters. The molecule has 0 aliphatic carbocycles. The van der Waals surface area contributed by atoms with E-state index in [4.69, 9.17) is 9.47 Å². The number of nitrogens with one attached hydrogen (secondary N) is 1. The molecule has 0 bridgehead atoms. The van der Waals surface area contributed by atoms with Gasteiger partial charge in [-0.2, -0.15) is 0 Å². The second-order valence-electron chi connectivity index (χ2n) is 4.95. The highest BCUT2D eigenvalue weighted by atomic mass is 16.5. The van der Waals surface area contributed by atoms with Crippen LogP contribution in [0.25, 0.3) is 0 Å². The molecule has 2 N–H and O–H groups in total. The quantitative estimate of drug-likeness (QED) is 0.776. The number of ether oxygens (including phenoxy) is 2. The molecular formula is C15H23NO3. The first-order valence-electron chi connectivity index (χ1n) is 6.98. The van der Waals surface area contributed by atoms with Gasteiger partial charge < -0.3 is 19.9 Å². The molecule has 0 amide bonds. The topological polar surface area (TPSA) is 50.7 Å². The van der Waals surface area contributed by atoms with Crippen LogP contribution < -0.4 is 10.1 Å². The number of hydrogen-bond acceptors (Lipinski definition) is 4. The highest BCUT2D eigenvalue weighted by Gasteiger charge is 2.13. The zero-order chi connectivity index (χ0) is 13.5. The van der Waals surface area contributed by atoms with Crippen LogP contribution in [0.2, 0.25) is 0 Å². The lowest BCUT2D eigenvalue weighted by Crippen LogP contribution is -2.25. The number of phenolic OH excluding ortho intramolecular Hbond substituents is 1. The largest absolute Gasteiger partial charge is 0.508 e. The van der Waals surface area contributed by atoms with Crippen molar-refractivity contribution in [1.29, 1.82) is 0 Å². The third-order valence-electron chi connectivity index (χ3n) is 3.52. The molecule has 1 aromatic rings. The van der Waals surface area contributed by atoms with Crippen molar-refractivity contribution in [3.8, 4) is 11.5 Å². The Hall–Kier alpha value is -1.26. The third-order valence-corrected chi connectivity index (χ3v) is 3.52. The van der Waals surface area contributed by atoms with E-state index in [1.807, 2.05) is 6.07 Å². The first-order valence-corrected chi connectivity index (χ1v) is 6.98. The lowest BCUT2D eigenvalue weighted by atomic mass is 10.1. The predicted molar refractivity (Wildman–Crippen MR) is 74.6 cm³/mol. The maximum absolute atomic E-state index is 9.76. The SMILES string of the molecule is COc1ccc(O)c(CNCCC2CCCCO2)c1. The minimum absolute atomic E-state index is 0.308. The van der Waals surface area contributed by atoms with Gasteiger partial charge in [-0.1, -0.05) is 0 Å². The van der Waals surface area contributed by atoms with Crippen molar-refractivity contribution < 1.29 is 14.6 Å². The summed E-state index contributed by atoms with van der Waals surface area (Å²) in [5.74, 6) is 1.08. The lowest BCUT2D eigenvalue weighted by Gasteiger charge is -2.22. The van der Waals surface area contributed by atoms with Crippen molar-refractivity contribution in [3.63, 3.8) is 0 Å². The first kappa shape index (κ1) is 14.2. The minimum Gasteiger partial charge on any atom is -0.508 e. The number of aromatic hydroxyl groups is 1. The van der Waals surface area contributed by atoms with Gasteiger partial charge in [0, 0.05) is 18.7 Å². The normalized spacial score (nSPS) is 19.3. The Morgan fingerprint density at radius 2 is 2.32 bits per heavy atom. The van der Waals surface area contributed by atoms with E-state index < -0.39 is 0 Å². The molecule has 1 aliphatic rings. The average Bonchev–Trinajstić information content (AvgIpc) is 2.46. The van der Waals surface area contributed by atoms with Gasteiger partial charge in [-0.25, -0.2) is 0 Å². The summed E-state index contributed by atoms with van der Waals surface area (Å²) in [5, 5.41) is 13.1. The molecule has 0 saturated carbocycles. The maximum Gasteiger partial charge on any atom is 0.120 e. The van der Waals surface area contributed by atoms with Crippen molar-refractivity contribution in [2.24, 2.45) is 0 Å². The van der Waals surface area contributed by atoms with Gasteiger partial charge in [0.2, 0.25) is 0 Å². The van der Waals surface area contributed by atoms with E-state index in [9.17, 15) is 5.11 Å². The lowest BCUT2D eigenvalue weighted by molar-refractivity contribution is 0.0115. The molecule has 0 radical (unpaired) electrons. The zero-order valence-corrected chi connectivity index (χ0v) is 11.5. The van der Waals surface area contributed by atoms with Crippen LogP contribution in [0.1, 0.15) is 31.2 Å². The summed E-state index contributed by atoms with van der Waals surface area (Å²) in [5.41, 5.74) is 0.865. The van der Waals surface area contributed by atoms with Gasteiger partial charge in [0.05, 0.1) is 13.2 Å². The Morgan fingerprint density at radius 1 is 1.42 bits per heavy atom. The standard InChI is InChI=1S/C15H23NO3/c1-18-14-5-6-15(17)12(10-14)11-16-8-7-13-4-2-3-9-19-13/h5-6,10,13,16-17H,2-4,7-9,11H2,1H3. The van der Waals surface area contributed by atoms with Crippen molar-refractivity contribution in [1.82, 2.24) is 5.32 Å². The van der Waals surface area contributed by atoms with Gasteiger partial charge >= 0.3 is 0 Å². The van der Waals surface area contributed by atoms with E-state index >= 15 is 0 Å². The van der Waals surface area contributed by atoms with Gasteiger partial charge in [-0.3, -0.25) is 0 Å². The summed E-state index contributed by atoms with van der Waals surface area (Å²) in [6.45, 7) is 2.46. The average molecular weight is 265 g/mol. The molecule has 106 valence electrons. The molecule has 19 heavy (non-hydrogen) atoms. The molecule has 4 nitrogen and oxygen atoms in total. The third kappa shape index (κ3) is 4.40. The van der Waals surface area contributed by atoms with Crippen LogP contribution in [0.4, 0.5) is 0 Å². The molecule has 4 heteroatoms. The Kier molecular flexibility index (Phi) is 5.48. The first-order chi connectivity index (χ1) is 9.29. The number of methoxy groups -OCH3 is 1. The molecule has 1 atom stereocenters. The molecule has 0 spiro atoms. The fourth-order valence-electron chi connectivity index (χ4n) is 2.35. The minimum atomic E-state index is 0.308. The summed E-state index contributed by atoms with van der Waals surface area (Å²) in [7, 11) is 1.63. The van der Waals surface area contributed by atoms with Gasteiger partial charge in [-0.05, 0) is 50.4 Å². The summed E-state index contributed by atoms with van der Waals surface area (Å²) in [4.78, 5) is 0. The molecule has 1 aliphatic heterocycles. The summed E-state index contributed by atoms with van der Waals surface area (Å²) in [6.07, 6.45) is 5.08. The molecule has 1 aromatic carbocycles. The van der Waals surface area contributed by atoms with E-state index in [0.29, 0.717) is 18.4 Å². The van der Waals surface area contributed by atoms with Crippen LogP contribution in [-0.4, -0.2) is 31.5 Å². The van der Waals surface area contributed by atoms with Crippen LogP contribution in [0, 0.1) is 0 Å². The van der Waals surface area contributed by atoms with Gasteiger partial charge in [0.15, 0.2) is 0 Å². The number of phenols is 1. The van der Waals surface area contributed by atoms with Crippen molar-refractivity contribution in [2.45, 2.75) is 38.3 Å². The van der Waals surface area contributed by atoms with Crippen LogP contribution in [0.15, 0.2) is 18.2 Å². The van der Waals surface area contributed by atoms with Crippen LogP contribution in [-0.2, 0) is 11.3 Å². The summed E-state index contributed by atoms with van der Waals surface area (Å²) in [6, 6.07) is 5.29. The second-order valence-corrected chi connectivity index (χ2v) is 4.95. The smallest absolute Gasteiger partial charge is 0.120 e. The summed E-state index contributed by atoms with van der Waals surface area (Å²) < 4.78 is 10.8. The highest BCUT2D eigenvalue weighted by molar-refractivity contribution is 5.39. The van der Waals surface area contributed by atoms with E-state index in [2.05, 4.69) is 5.32 Å². The predicted octanol–water partition coefficient (Wildman–Crippen LogP) is 2.45. The fraction of sp³-hybridized carbons (Fsp3) is 0.600. The molecule has 2 rings (SSSR count). The van der Waals surface area contributed by atoms with Gasteiger partial charge in [-0.15, -0.1) is 0 Å². The molecule has 1 fully saturated rings. The maximum atomic E-state index is 9.76. The Morgan fingerprint density at radius 3 is 3.05 bits per heavy atom. The Balaban J connectivity index is 1.72. The van der Waals surface area contributed by atoms with E-state index in [1.54, 1.807) is 19.2 Å².